The number of Topliss-reactive ketones (excluding diaryl/α,β-unsaturated/α-hetero) is 1. The van der Waals surface area contributed by atoms with Gasteiger partial charge in [-0.2, -0.15) is 0 Å². The molecule has 3 aromatic rings. The Morgan fingerprint density at radius 2 is 1.68 bits per heavy atom. The zero-order valence-corrected chi connectivity index (χ0v) is 36.2. The van der Waals surface area contributed by atoms with Crippen LogP contribution in [0.25, 0.3) is 11.1 Å². The number of H-pyrrole nitrogens is 1. The number of ether oxygens (including phenoxy) is 1. The summed E-state index contributed by atoms with van der Waals surface area (Å²) in [5.41, 5.74) is 29.7. The van der Waals surface area contributed by atoms with Crippen molar-refractivity contribution in [2.24, 2.45) is 34.6 Å². The molecule has 1 aromatic carbocycles. The van der Waals surface area contributed by atoms with Crippen LogP contribution in [-0.4, -0.2) is 103 Å². The van der Waals surface area contributed by atoms with Gasteiger partial charge in [-0.05, 0) is 76.6 Å². The van der Waals surface area contributed by atoms with Gasteiger partial charge in [-0.15, -0.1) is 0 Å². The number of unbranched alkanes of at least 4 members (excludes halogenated alkanes) is 1. The quantitative estimate of drug-likeness (QED) is 0.0458. The van der Waals surface area contributed by atoms with Gasteiger partial charge in [-0.3, -0.25) is 24.0 Å². The van der Waals surface area contributed by atoms with Crippen LogP contribution < -0.4 is 34.0 Å². The lowest BCUT2D eigenvalue weighted by molar-refractivity contribution is -0.143. The molecule has 338 valence electrons. The number of aromatic nitrogens is 3. The number of imide groups is 3. The number of imidazole rings is 1. The Morgan fingerprint density at radius 3 is 2.29 bits per heavy atom. The van der Waals surface area contributed by atoms with E-state index in [1.54, 1.807) is 39.0 Å². The third-order valence-corrected chi connectivity index (χ3v) is 10.9. The van der Waals surface area contributed by atoms with Gasteiger partial charge in [0.25, 0.3) is 11.8 Å². The van der Waals surface area contributed by atoms with Gasteiger partial charge in [-0.25, -0.2) is 19.7 Å². The summed E-state index contributed by atoms with van der Waals surface area (Å²) in [4.78, 5) is 97.0. The van der Waals surface area contributed by atoms with E-state index in [-0.39, 0.29) is 41.0 Å². The Labute approximate surface area is 362 Å². The Balaban J connectivity index is 1.93. The average Bonchev–Trinajstić information content (AvgIpc) is 3.75. The van der Waals surface area contributed by atoms with Crippen molar-refractivity contribution in [3.05, 3.63) is 71.1 Å². The lowest BCUT2D eigenvalue weighted by Gasteiger charge is -2.29. The van der Waals surface area contributed by atoms with Crippen LogP contribution >= 0.6 is 0 Å². The van der Waals surface area contributed by atoms with Crippen molar-refractivity contribution < 1.29 is 38.6 Å². The van der Waals surface area contributed by atoms with Crippen molar-refractivity contribution in [2.45, 2.75) is 141 Å². The highest BCUT2D eigenvalue weighted by molar-refractivity contribution is 6.21. The second kappa shape index (κ2) is 22.7. The summed E-state index contributed by atoms with van der Waals surface area (Å²) in [7, 11) is 0. The Hall–Kier alpha value is -5.24. The Bertz CT molecular complexity index is 2030. The highest BCUT2D eigenvalue weighted by Crippen LogP contribution is 2.33. The molecule has 0 radical (unpaired) electrons. The SMILES string of the molecule is CC(N)C(=O)N[C@@H](Cc1cnc[nH]1)C(=O)c1c(C(=O)N(C(=O)C[C@H](O)[C@@H](N)CC2CCCCC2)C(=O)[C@@H](N)CCCCN)ncc(-c2ccccc2C(=O)OC(C)(C)C)c1CN. The van der Waals surface area contributed by atoms with Crippen LogP contribution in [0.3, 0.4) is 0 Å². The molecule has 0 bridgehead atoms. The summed E-state index contributed by atoms with van der Waals surface area (Å²) >= 11 is 0. The number of nitrogens with zero attached hydrogens (tertiary/aromatic N) is 3. The number of carbonyl (C=O) groups is 6. The van der Waals surface area contributed by atoms with E-state index in [9.17, 15) is 24.3 Å². The minimum absolute atomic E-state index is 0.00403. The van der Waals surface area contributed by atoms with Crippen LogP contribution in [0.2, 0.25) is 0 Å². The van der Waals surface area contributed by atoms with E-state index in [0.717, 1.165) is 32.1 Å². The topological polar surface area (TPSA) is 319 Å². The van der Waals surface area contributed by atoms with Gasteiger partial charge < -0.3 is 48.8 Å². The van der Waals surface area contributed by atoms with Crippen molar-refractivity contribution >= 4 is 35.4 Å². The van der Waals surface area contributed by atoms with Gasteiger partial charge in [0.2, 0.25) is 11.8 Å². The number of esters is 1. The number of pyridine rings is 1. The smallest absolute Gasteiger partial charge is 0.339 e. The third kappa shape index (κ3) is 13.1. The van der Waals surface area contributed by atoms with Crippen LogP contribution in [0.5, 0.6) is 0 Å². The summed E-state index contributed by atoms with van der Waals surface area (Å²) in [6, 6.07) is 1.67. The monoisotopic (exact) mass is 860 g/mol. The van der Waals surface area contributed by atoms with E-state index in [1.807, 2.05) is 0 Å². The summed E-state index contributed by atoms with van der Waals surface area (Å²) < 4.78 is 5.68. The summed E-state index contributed by atoms with van der Waals surface area (Å²) in [6.07, 6.45) is 8.15. The number of benzene rings is 1. The molecule has 0 saturated heterocycles. The normalized spacial score (nSPS) is 15.8. The maximum absolute atomic E-state index is 15.1. The van der Waals surface area contributed by atoms with E-state index >= 15 is 9.59 Å². The first-order chi connectivity index (χ1) is 29.4. The predicted molar refractivity (Wildman–Crippen MR) is 232 cm³/mol. The summed E-state index contributed by atoms with van der Waals surface area (Å²) in [5.74, 6) is -5.58. The Morgan fingerprint density at radius 1 is 0.984 bits per heavy atom. The highest BCUT2D eigenvalue weighted by atomic mass is 16.6. The van der Waals surface area contributed by atoms with E-state index in [1.165, 1.54) is 31.7 Å². The first-order valence-corrected chi connectivity index (χ1v) is 21.3. The van der Waals surface area contributed by atoms with Crippen LogP contribution in [0.4, 0.5) is 0 Å². The van der Waals surface area contributed by atoms with Crippen molar-refractivity contribution in [2.75, 3.05) is 6.54 Å². The lowest BCUT2D eigenvalue weighted by Crippen LogP contribution is -2.52. The van der Waals surface area contributed by atoms with E-state index in [0.29, 0.717) is 36.4 Å². The minimum Gasteiger partial charge on any atom is -0.456 e. The molecule has 18 nitrogen and oxygen atoms in total. The molecule has 1 fully saturated rings. The van der Waals surface area contributed by atoms with Crippen LogP contribution in [0.1, 0.15) is 134 Å². The van der Waals surface area contributed by atoms with Gasteiger partial charge >= 0.3 is 5.97 Å². The Kier molecular flexibility index (Phi) is 18.1. The molecule has 4 amide bonds. The zero-order valence-electron chi connectivity index (χ0n) is 36.2. The maximum atomic E-state index is 15.1. The van der Waals surface area contributed by atoms with Crippen LogP contribution in [0.15, 0.2) is 43.0 Å². The van der Waals surface area contributed by atoms with Gasteiger partial charge in [0.1, 0.15) is 11.3 Å². The molecule has 2 aromatic heterocycles. The number of nitrogens with two attached hydrogens (primary N) is 5. The number of ketones is 1. The number of aromatic amines is 1. The number of amides is 4. The highest BCUT2D eigenvalue weighted by Gasteiger charge is 2.40. The van der Waals surface area contributed by atoms with Gasteiger partial charge in [-0.1, -0.05) is 56.7 Å². The molecule has 2 heterocycles. The van der Waals surface area contributed by atoms with E-state index in [4.69, 9.17) is 33.4 Å². The van der Waals surface area contributed by atoms with Crippen molar-refractivity contribution in [3.8, 4) is 11.1 Å². The fourth-order valence-corrected chi connectivity index (χ4v) is 7.58. The molecule has 62 heavy (non-hydrogen) atoms. The first-order valence-electron chi connectivity index (χ1n) is 21.3. The summed E-state index contributed by atoms with van der Waals surface area (Å²) in [5, 5.41) is 13.9. The number of carbonyl (C=O) groups excluding carboxylic acids is 6. The molecule has 0 aliphatic heterocycles. The van der Waals surface area contributed by atoms with Gasteiger partial charge in [0.15, 0.2) is 5.78 Å². The molecule has 1 unspecified atom stereocenters. The molecule has 0 spiro atoms. The zero-order chi connectivity index (χ0) is 45.7. The molecule has 1 saturated carbocycles. The predicted octanol–water partition coefficient (Wildman–Crippen LogP) is 2.14. The summed E-state index contributed by atoms with van der Waals surface area (Å²) in [6.45, 7) is 6.41. The maximum Gasteiger partial charge on any atom is 0.339 e. The van der Waals surface area contributed by atoms with Gasteiger partial charge in [0, 0.05) is 42.7 Å². The van der Waals surface area contributed by atoms with E-state index < -0.39 is 95.5 Å². The second-order valence-corrected chi connectivity index (χ2v) is 17.1. The molecular weight excluding hydrogens is 797 g/mol. The molecule has 18 heteroatoms. The lowest BCUT2D eigenvalue weighted by atomic mass is 9.83. The number of aliphatic hydroxyl groups excluding tert-OH is 1. The number of rotatable bonds is 20. The molecule has 5 atom stereocenters. The fraction of sp³-hybridized carbons (Fsp3) is 0.545. The standard InChI is InChI=1S/C44H64N10O8/c1-25(47)40(58)53-34(19-27-22-50-24-52-27)39(57)37-30(21-46)31(28-14-8-9-15-29(28)43(61)62-44(2,3)4)23-51-38(37)42(60)54(41(59)32(48)16-10-11-17-45)36(56)20-35(55)33(49)18-26-12-6-5-7-13-26/h8-9,14-15,22-26,32-35,55H,5-7,10-13,16-21,45-49H2,1-4H3,(H,50,52)(H,53,58)/t25?,32-,33-,34-,35-/m0/s1. The largest absolute Gasteiger partial charge is 0.456 e. The van der Waals surface area contributed by atoms with Crippen LogP contribution in [-0.2, 0) is 32.1 Å². The average molecular weight is 861 g/mol. The van der Waals surface area contributed by atoms with Crippen LogP contribution in [0, 0.1) is 5.92 Å². The third-order valence-electron chi connectivity index (χ3n) is 10.9. The van der Waals surface area contributed by atoms with Gasteiger partial charge in [0.05, 0.1) is 48.1 Å². The number of nitrogens with one attached hydrogen (secondary N) is 2. The first kappa shape index (κ1) is 49.4. The molecular formula is C44H64N10O8. The number of hydrogen-bond donors (Lipinski definition) is 8. The molecule has 1 aliphatic carbocycles. The second-order valence-electron chi connectivity index (χ2n) is 17.1. The number of hydrogen-bond acceptors (Lipinski definition) is 15. The van der Waals surface area contributed by atoms with Crippen molar-refractivity contribution in [1.82, 2.24) is 25.2 Å². The minimum atomic E-state index is -1.44. The van der Waals surface area contributed by atoms with E-state index in [2.05, 4.69) is 20.3 Å². The molecule has 13 N–H and O–H groups in total. The number of aliphatic hydroxyl groups is 1. The van der Waals surface area contributed by atoms with Crippen molar-refractivity contribution in [1.29, 1.82) is 0 Å². The molecule has 4 rings (SSSR count). The fourth-order valence-electron chi connectivity index (χ4n) is 7.58. The molecule has 1 aliphatic rings. The van der Waals surface area contributed by atoms with Crippen molar-refractivity contribution in [3.63, 3.8) is 0 Å².